The molecule has 0 aromatic heterocycles. The van der Waals surface area contributed by atoms with Crippen LogP contribution in [0.15, 0.2) is 51.4 Å². The Balaban J connectivity index is 1.66. The maximum Gasteiger partial charge on any atom is 0.0631 e. The average Bonchev–Trinajstić information content (AvgIpc) is 2.37. The molecule has 1 saturated carbocycles. The molecule has 0 unspecified atom stereocenters. The van der Waals surface area contributed by atoms with Gasteiger partial charge < -0.3 is 5.32 Å². The van der Waals surface area contributed by atoms with Gasteiger partial charge in [0.2, 0.25) is 0 Å². The van der Waals surface area contributed by atoms with E-state index >= 15 is 0 Å². The number of rotatable bonds is 3. The van der Waals surface area contributed by atoms with Gasteiger partial charge in [-0.15, -0.1) is 0 Å². The minimum Gasteiger partial charge on any atom is -0.380 e. The molecule has 0 aliphatic heterocycles. The van der Waals surface area contributed by atoms with Crippen LogP contribution >= 0.6 is 31.9 Å². The maximum atomic E-state index is 3.64. The van der Waals surface area contributed by atoms with E-state index < -0.39 is 0 Å². The number of anilines is 1. The van der Waals surface area contributed by atoms with Crippen molar-refractivity contribution in [3.8, 4) is 0 Å². The molecule has 0 spiro atoms. The molecule has 1 fully saturated rings. The fourth-order valence-electron chi connectivity index (χ4n) is 2.87. The topological polar surface area (TPSA) is 12.0 Å². The summed E-state index contributed by atoms with van der Waals surface area (Å²) in [5.74, 6) is 0.704. The highest BCUT2D eigenvalue weighted by atomic mass is 79.9. The summed E-state index contributed by atoms with van der Waals surface area (Å²) in [7, 11) is 0. The second-order valence-corrected chi connectivity index (χ2v) is 7.17. The Morgan fingerprint density at radius 3 is 2.25 bits per heavy atom. The minimum atomic E-state index is 0.564. The molecule has 0 atom stereocenters. The van der Waals surface area contributed by atoms with Gasteiger partial charge in [0.25, 0.3) is 0 Å². The van der Waals surface area contributed by atoms with Crippen LogP contribution in [0, 0.1) is 6.92 Å². The highest BCUT2D eigenvalue weighted by Gasteiger charge is 2.31. The third kappa shape index (κ3) is 2.79. The van der Waals surface area contributed by atoms with E-state index in [0.717, 1.165) is 8.95 Å². The fourth-order valence-corrected chi connectivity index (χ4v) is 4.10. The lowest BCUT2D eigenvalue weighted by Gasteiger charge is -2.38. The molecule has 2 aromatic rings. The largest absolute Gasteiger partial charge is 0.380 e. The molecule has 3 heteroatoms. The van der Waals surface area contributed by atoms with E-state index in [9.17, 15) is 0 Å². The van der Waals surface area contributed by atoms with E-state index in [1.54, 1.807) is 0 Å². The van der Waals surface area contributed by atoms with Gasteiger partial charge in [-0.05, 0) is 80.8 Å². The lowest BCUT2D eigenvalue weighted by Crippen LogP contribution is -2.34. The molecule has 20 heavy (non-hydrogen) atoms. The standard InChI is InChI=1S/C17H17Br2N/c1-11-5-2-3-6-14(11)12-9-13(10-12)20-17-15(18)7-4-8-16(17)19/h2-8,12-13,20H,9-10H2,1H3. The number of hydrogen-bond donors (Lipinski definition) is 1. The molecule has 1 N–H and O–H groups in total. The van der Waals surface area contributed by atoms with Crippen molar-refractivity contribution in [2.45, 2.75) is 31.7 Å². The second kappa shape index (κ2) is 5.90. The van der Waals surface area contributed by atoms with Crippen LogP contribution in [0.2, 0.25) is 0 Å². The molecule has 0 heterocycles. The number of para-hydroxylation sites is 1. The number of nitrogens with one attached hydrogen (secondary N) is 1. The maximum absolute atomic E-state index is 3.64. The molecule has 0 radical (unpaired) electrons. The summed E-state index contributed by atoms with van der Waals surface area (Å²) in [6, 6.07) is 15.5. The SMILES string of the molecule is Cc1ccccc1C1CC(Nc2c(Br)cccc2Br)C1. The zero-order valence-corrected chi connectivity index (χ0v) is 14.5. The van der Waals surface area contributed by atoms with Gasteiger partial charge in [-0.2, -0.15) is 0 Å². The lowest BCUT2D eigenvalue weighted by molar-refractivity contribution is 0.373. The van der Waals surface area contributed by atoms with E-state index in [4.69, 9.17) is 0 Å². The van der Waals surface area contributed by atoms with Crippen molar-refractivity contribution in [3.05, 3.63) is 62.5 Å². The average molecular weight is 395 g/mol. The Bertz CT molecular complexity index is 598. The van der Waals surface area contributed by atoms with Gasteiger partial charge in [-0.1, -0.05) is 30.3 Å². The predicted octanol–water partition coefficient (Wildman–Crippen LogP) is 5.88. The zero-order valence-electron chi connectivity index (χ0n) is 11.4. The number of halogens is 2. The Morgan fingerprint density at radius 1 is 0.950 bits per heavy atom. The third-order valence-corrected chi connectivity index (χ3v) is 5.40. The first-order chi connectivity index (χ1) is 9.65. The van der Waals surface area contributed by atoms with Gasteiger partial charge in [-0.25, -0.2) is 0 Å². The molecule has 1 aliphatic rings. The minimum absolute atomic E-state index is 0.564. The van der Waals surface area contributed by atoms with E-state index in [1.165, 1.54) is 29.7 Å². The first-order valence-corrected chi connectivity index (χ1v) is 8.50. The number of benzene rings is 2. The van der Waals surface area contributed by atoms with Crippen molar-refractivity contribution in [2.75, 3.05) is 5.32 Å². The van der Waals surface area contributed by atoms with Crippen LogP contribution in [-0.4, -0.2) is 6.04 Å². The van der Waals surface area contributed by atoms with Crippen LogP contribution in [0.3, 0.4) is 0 Å². The number of hydrogen-bond acceptors (Lipinski definition) is 1. The Labute approximate surface area is 137 Å². The van der Waals surface area contributed by atoms with E-state index in [0.29, 0.717) is 12.0 Å². The smallest absolute Gasteiger partial charge is 0.0631 e. The van der Waals surface area contributed by atoms with Crippen molar-refractivity contribution >= 4 is 37.5 Å². The van der Waals surface area contributed by atoms with Crippen LogP contribution < -0.4 is 5.32 Å². The van der Waals surface area contributed by atoms with Gasteiger partial charge in [0.1, 0.15) is 0 Å². The zero-order chi connectivity index (χ0) is 14.1. The van der Waals surface area contributed by atoms with Crippen LogP contribution in [0.1, 0.15) is 29.9 Å². The van der Waals surface area contributed by atoms with Gasteiger partial charge in [-0.3, -0.25) is 0 Å². The van der Waals surface area contributed by atoms with Crippen LogP contribution in [0.5, 0.6) is 0 Å². The summed E-state index contributed by atoms with van der Waals surface area (Å²) in [5.41, 5.74) is 4.09. The van der Waals surface area contributed by atoms with Crippen LogP contribution in [-0.2, 0) is 0 Å². The van der Waals surface area contributed by atoms with Crippen molar-refractivity contribution in [1.29, 1.82) is 0 Å². The first kappa shape index (κ1) is 14.2. The fraction of sp³-hybridized carbons (Fsp3) is 0.294. The second-order valence-electron chi connectivity index (χ2n) is 5.46. The summed E-state index contributed by atoms with van der Waals surface area (Å²) >= 11 is 7.22. The summed E-state index contributed by atoms with van der Waals surface area (Å²) < 4.78 is 2.23. The highest BCUT2D eigenvalue weighted by molar-refractivity contribution is 9.11. The lowest BCUT2D eigenvalue weighted by atomic mass is 9.74. The normalized spacial score (nSPS) is 21.4. The predicted molar refractivity (Wildman–Crippen MR) is 92.4 cm³/mol. The van der Waals surface area contributed by atoms with Crippen molar-refractivity contribution < 1.29 is 0 Å². The molecule has 0 bridgehead atoms. The van der Waals surface area contributed by atoms with Gasteiger partial charge in [0.15, 0.2) is 0 Å². The van der Waals surface area contributed by atoms with Crippen LogP contribution in [0.25, 0.3) is 0 Å². The number of aryl methyl sites for hydroxylation is 1. The molecule has 0 saturated heterocycles. The quantitative estimate of drug-likeness (QED) is 0.685. The summed E-state index contributed by atoms with van der Waals surface area (Å²) in [4.78, 5) is 0. The molecule has 2 aromatic carbocycles. The van der Waals surface area contributed by atoms with Crippen LogP contribution in [0.4, 0.5) is 5.69 Å². The van der Waals surface area contributed by atoms with Crippen molar-refractivity contribution in [2.24, 2.45) is 0 Å². The van der Waals surface area contributed by atoms with Gasteiger partial charge in [0, 0.05) is 15.0 Å². The van der Waals surface area contributed by atoms with E-state index in [2.05, 4.69) is 80.5 Å². The summed E-state index contributed by atoms with van der Waals surface area (Å²) in [6.07, 6.45) is 2.41. The highest BCUT2D eigenvalue weighted by Crippen LogP contribution is 2.41. The molecular weight excluding hydrogens is 378 g/mol. The Kier molecular flexibility index (Phi) is 4.18. The molecule has 3 rings (SSSR count). The summed E-state index contributed by atoms with van der Waals surface area (Å²) in [5, 5.41) is 3.64. The van der Waals surface area contributed by atoms with E-state index in [1.807, 2.05) is 6.07 Å². The molecule has 1 aliphatic carbocycles. The third-order valence-electron chi connectivity index (χ3n) is 4.08. The van der Waals surface area contributed by atoms with Crippen molar-refractivity contribution in [1.82, 2.24) is 0 Å². The Hall–Kier alpha value is -0.800. The van der Waals surface area contributed by atoms with Crippen molar-refractivity contribution in [3.63, 3.8) is 0 Å². The first-order valence-electron chi connectivity index (χ1n) is 6.91. The van der Waals surface area contributed by atoms with Gasteiger partial charge in [0.05, 0.1) is 5.69 Å². The molecule has 0 amide bonds. The molecule has 1 nitrogen and oxygen atoms in total. The summed E-state index contributed by atoms with van der Waals surface area (Å²) in [6.45, 7) is 2.21. The molecular formula is C17H17Br2N. The van der Waals surface area contributed by atoms with E-state index in [-0.39, 0.29) is 0 Å². The Morgan fingerprint density at radius 2 is 1.60 bits per heavy atom. The monoisotopic (exact) mass is 393 g/mol. The molecule has 104 valence electrons. The van der Waals surface area contributed by atoms with Gasteiger partial charge >= 0.3 is 0 Å².